The summed E-state index contributed by atoms with van der Waals surface area (Å²) in [5.41, 5.74) is 2.81. The monoisotopic (exact) mass is 412 g/mol. The van der Waals surface area contributed by atoms with Gasteiger partial charge in [-0.3, -0.25) is 24.6 Å². The number of fused-ring (bicyclic) bond motifs is 1. The van der Waals surface area contributed by atoms with Crippen LogP contribution in [-0.2, 0) is 22.7 Å². The van der Waals surface area contributed by atoms with E-state index in [9.17, 15) is 14.4 Å². The van der Waals surface area contributed by atoms with E-state index in [4.69, 9.17) is 0 Å². The number of hydrogen-bond donors (Lipinski definition) is 2. The molecule has 1 aromatic rings. The van der Waals surface area contributed by atoms with Crippen molar-refractivity contribution in [2.24, 2.45) is 5.92 Å². The van der Waals surface area contributed by atoms with Crippen molar-refractivity contribution in [3.05, 3.63) is 34.9 Å². The maximum atomic E-state index is 13.0. The lowest BCUT2D eigenvalue weighted by molar-refractivity contribution is -0.136. The van der Waals surface area contributed by atoms with E-state index in [1.807, 2.05) is 12.1 Å². The van der Waals surface area contributed by atoms with Gasteiger partial charge in [0.2, 0.25) is 11.8 Å². The molecule has 2 N–H and O–H groups in total. The third-order valence-electron chi connectivity index (χ3n) is 6.42. The van der Waals surface area contributed by atoms with Crippen molar-refractivity contribution in [2.75, 3.05) is 19.6 Å². The molecule has 0 spiro atoms. The Kier molecular flexibility index (Phi) is 6.20. The number of hydrogen-bond acceptors (Lipinski definition) is 5. The van der Waals surface area contributed by atoms with Crippen LogP contribution < -0.4 is 10.6 Å². The van der Waals surface area contributed by atoms with Gasteiger partial charge in [0.25, 0.3) is 5.91 Å². The van der Waals surface area contributed by atoms with E-state index < -0.39 is 6.04 Å². The van der Waals surface area contributed by atoms with Crippen LogP contribution in [0.15, 0.2) is 18.2 Å². The second-order valence-electron chi connectivity index (χ2n) is 9.20. The molecule has 0 bridgehead atoms. The van der Waals surface area contributed by atoms with E-state index in [-0.39, 0.29) is 24.1 Å². The van der Waals surface area contributed by atoms with Crippen LogP contribution in [0, 0.1) is 5.92 Å². The van der Waals surface area contributed by atoms with Gasteiger partial charge in [-0.1, -0.05) is 26.0 Å². The summed E-state index contributed by atoms with van der Waals surface area (Å²) in [6.45, 7) is 8.86. The molecule has 3 aliphatic heterocycles. The van der Waals surface area contributed by atoms with E-state index in [0.717, 1.165) is 37.3 Å². The molecule has 3 amide bonds. The number of nitrogens with one attached hydrogen (secondary N) is 2. The highest BCUT2D eigenvalue weighted by molar-refractivity contribution is 6.05. The number of nitrogens with zero attached hydrogens (tertiary/aromatic N) is 2. The Hall–Kier alpha value is -2.25. The number of piperidine rings is 2. The summed E-state index contributed by atoms with van der Waals surface area (Å²) in [6.07, 6.45) is 3.15. The summed E-state index contributed by atoms with van der Waals surface area (Å²) >= 11 is 0. The van der Waals surface area contributed by atoms with Crippen LogP contribution in [0.5, 0.6) is 0 Å². The topological polar surface area (TPSA) is 81.8 Å². The highest BCUT2D eigenvalue weighted by Crippen LogP contribution is 2.29. The van der Waals surface area contributed by atoms with Gasteiger partial charge in [-0.05, 0) is 55.5 Å². The SMILES string of the molecule is CC(C)NCC1CCCN(Cc2ccc3c(c2)C(=O)N(C2CCC(=O)NC2=O)C3)C1. The third kappa shape index (κ3) is 4.57. The molecule has 3 aliphatic rings. The fourth-order valence-corrected chi connectivity index (χ4v) is 4.82. The fraction of sp³-hybridized carbons (Fsp3) is 0.609. The Bertz CT molecular complexity index is 838. The molecule has 4 rings (SSSR count). The first-order chi connectivity index (χ1) is 14.4. The Morgan fingerprint density at radius 2 is 2.03 bits per heavy atom. The number of likely N-dealkylation sites (tertiary alicyclic amines) is 1. The lowest BCUT2D eigenvalue weighted by Crippen LogP contribution is -2.52. The molecule has 2 atom stereocenters. The zero-order valence-electron chi connectivity index (χ0n) is 17.9. The number of amides is 3. The molecule has 2 unspecified atom stereocenters. The summed E-state index contributed by atoms with van der Waals surface area (Å²) in [5.74, 6) is -0.0488. The molecular formula is C23H32N4O3. The first kappa shape index (κ1) is 21.0. The number of imide groups is 1. The third-order valence-corrected chi connectivity index (χ3v) is 6.42. The molecule has 7 nitrogen and oxygen atoms in total. The highest BCUT2D eigenvalue weighted by atomic mass is 16.2. The lowest BCUT2D eigenvalue weighted by atomic mass is 9.97. The lowest BCUT2D eigenvalue weighted by Gasteiger charge is -2.33. The average Bonchev–Trinajstić information content (AvgIpc) is 3.03. The molecule has 1 aromatic carbocycles. The zero-order chi connectivity index (χ0) is 21.3. The molecule has 2 saturated heterocycles. The van der Waals surface area contributed by atoms with E-state index >= 15 is 0 Å². The van der Waals surface area contributed by atoms with Crippen molar-refractivity contribution in [3.8, 4) is 0 Å². The van der Waals surface area contributed by atoms with Gasteiger partial charge in [0.15, 0.2) is 0 Å². The van der Waals surface area contributed by atoms with Crippen LogP contribution in [0.25, 0.3) is 0 Å². The van der Waals surface area contributed by atoms with Gasteiger partial charge in [-0.15, -0.1) is 0 Å². The predicted molar refractivity (Wildman–Crippen MR) is 114 cm³/mol. The summed E-state index contributed by atoms with van der Waals surface area (Å²) in [5, 5.41) is 5.91. The van der Waals surface area contributed by atoms with Crippen molar-refractivity contribution < 1.29 is 14.4 Å². The standard InChI is InChI=1S/C23H32N4O3/c1-15(2)24-11-17-4-3-9-26(13-17)12-16-5-6-18-14-27(23(30)19(18)10-16)20-7-8-21(28)25-22(20)29/h5-6,10,15,17,20,24H,3-4,7-9,11-14H2,1-2H3,(H,25,28,29). The average molecular weight is 413 g/mol. The minimum atomic E-state index is -0.553. The van der Waals surface area contributed by atoms with Gasteiger partial charge >= 0.3 is 0 Å². The van der Waals surface area contributed by atoms with Crippen molar-refractivity contribution in [2.45, 2.75) is 64.7 Å². The Morgan fingerprint density at radius 3 is 2.80 bits per heavy atom. The van der Waals surface area contributed by atoms with Crippen LogP contribution >= 0.6 is 0 Å². The molecule has 30 heavy (non-hydrogen) atoms. The largest absolute Gasteiger partial charge is 0.322 e. The van der Waals surface area contributed by atoms with E-state index in [1.165, 1.54) is 12.8 Å². The first-order valence-electron chi connectivity index (χ1n) is 11.1. The number of rotatable bonds is 6. The minimum Gasteiger partial charge on any atom is -0.322 e. The van der Waals surface area contributed by atoms with Crippen LogP contribution in [0.1, 0.15) is 61.0 Å². The Morgan fingerprint density at radius 1 is 1.20 bits per heavy atom. The van der Waals surface area contributed by atoms with Gasteiger partial charge in [0.1, 0.15) is 6.04 Å². The van der Waals surface area contributed by atoms with Crippen LogP contribution in [0.3, 0.4) is 0 Å². The van der Waals surface area contributed by atoms with Gasteiger partial charge in [0.05, 0.1) is 0 Å². The summed E-state index contributed by atoms with van der Waals surface area (Å²) in [6, 6.07) is 6.09. The summed E-state index contributed by atoms with van der Waals surface area (Å²) < 4.78 is 0. The molecule has 0 saturated carbocycles. The maximum absolute atomic E-state index is 13.0. The maximum Gasteiger partial charge on any atom is 0.255 e. The summed E-state index contributed by atoms with van der Waals surface area (Å²) in [7, 11) is 0. The van der Waals surface area contributed by atoms with E-state index in [2.05, 4.69) is 35.4 Å². The molecule has 162 valence electrons. The Balaban J connectivity index is 1.40. The number of carbonyl (C=O) groups is 3. The van der Waals surface area contributed by atoms with Gasteiger partial charge in [-0.25, -0.2) is 0 Å². The first-order valence-corrected chi connectivity index (χ1v) is 11.1. The number of benzene rings is 1. The van der Waals surface area contributed by atoms with E-state index in [1.54, 1.807) is 4.90 Å². The zero-order valence-corrected chi connectivity index (χ0v) is 17.9. The molecule has 2 fully saturated rings. The van der Waals surface area contributed by atoms with Crippen LogP contribution in [0.2, 0.25) is 0 Å². The number of carbonyl (C=O) groups excluding carboxylic acids is 3. The van der Waals surface area contributed by atoms with Crippen LogP contribution in [-0.4, -0.2) is 59.2 Å². The molecule has 0 aromatic heterocycles. The molecule has 0 radical (unpaired) electrons. The molecule has 0 aliphatic carbocycles. The Labute approximate surface area is 178 Å². The van der Waals surface area contributed by atoms with Gasteiger partial charge in [-0.2, -0.15) is 0 Å². The van der Waals surface area contributed by atoms with Crippen molar-refractivity contribution in [1.82, 2.24) is 20.4 Å². The predicted octanol–water partition coefficient (Wildman–Crippen LogP) is 1.66. The fourth-order valence-electron chi connectivity index (χ4n) is 4.82. The normalized spacial score (nSPS) is 25.0. The quantitative estimate of drug-likeness (QED) is 0.695. The molecule has 3 heterocycles. The second kappa shape index (κ2) is 8.86. The highest BCUT2D eigenvalue weighted by Gasteiger charge is 2.39. The van der Waals surface area contributed by atoms with Gasteiger partial charge < -0.3 is 10.2 Å². The van der Waals surface area contributed by atoms with E-state index in [0.29, 0.717) is 30.5 Å². The molecule has 7 heteroatoms. The minimum absolute atomic E-state index is 0.0981. The van der Waals surface area contributed by atoms with Crippen LogP contribution in [0.4, 0.5) is 0 Å². The second-order valence-corrected chi connectivity index (χ2v) is 9.20. The van der Waals surface area contributed by atoms with Gasteiger partial charge in [0, 0.05) is 37.7 Å². The van der Waals surface area contributed by atoms with Crippen molar-refractivity contribution in [3.63, 3.8) is 0 Å². The summed E-state index contributed by atoms with van der Waals surface area (Å²) in [4.78, 5) is 40.7. The van der Waals surface area contributed by atoms with Crippen molar-refractivity contribution in [1.29, 1.82) is 0 Å². The van der Waals surface area contributed by atoms with Crippen molar-refractivity contribution >= 4 is 17.7 Å². The smallest absolute Gasteiger partial charge is 0.255 e. The molecular weight excluding hydrogens is 380 g/mol.